The van der Waals surface area contributed by atoms with Gasteiger partial charge in [0.1, 0.15) is 0 Å². The number of carbonyl (C=O) groups is 1. The van der Waals surface area contributed by atoms with Crippen molar-refractivity contribution in [1.29, 1.82) is 0 Å². The maximum atomic E-state index is 11.6. The van der Waals surface area contributed by atoms with Crippen molar-refractivity contribution in [3.8, 4) is 0 Å². The van der Waals surface area contributed by atoms with Crippen LogP contribution < -0.4 is 5.32 Å². The van der Waals surface area contributed by atoms with Crippen LogP contribution in [-0.4, -0.2) is 30.6 Å². The smallest absolute Gasteiger partial charge is 0.317 e. The molecule has 0 spiro atoms. The lowest BCUT2D eigenvalue weighted by Crippen LogP contribution is -2.43. The van der Waals surface area contributed by atoms with E-state index in [2.05, 4.69) is 24.4 Å². The second-order valence-corrected chi connectivity index (χ2v) is 3.99. The summed E-state index contributed by atoms with van der Waals surface area (Å²) in [7, 11) is 1.83. The van der Waals surface area contributed by atoms with Crippen molar-refractivity contribution < 1.29 is 4.79 Å². The number of hydrogen-bond acceptors (Lipinski definition) is 1. The van der Waals surface area contributed by atoms with Crippen LogP contribution in [0.4, 0.5) is 4.79 Å². The third-order valence-corrected chi connectivity index (χ3v) is 2.68. The summed E-state index contributed by atoms with van der Waals surface area (Å²) in [5.74, 6) is 0. The summed E-state index contributed by atoms with van der Waals surface area (Å²) in [5.41, 5.74) is 1.26. The fourth-order valence-electron chi connectivity index (χ4n) is 1.57. The Bertz CT molecular complexity index is 324. The van der Waals surface area contributed by atoms with Gasteiger partial charge in [-0.15, -0.1) is 0 Å². The second kappa shape index (κ2) is 6.16. The molecule has 0 aliphatic carbocycles. The molecule has 2 amide bonds. The standard InChI is InChI=1S/C13H20N2O/c1-4-14-13(16)15(3)11(2)10-12-8-6-5-7-9-12/h5-9,11H,4,10H2,1-3H3,(H,14,16). The first-order chi connectivity index (χ1) is 7.65. The molecule has 0 aromatic heterocycles. The fraction of sp³-hybridized carbons (Fsp3) is 0.462. The Balaban J connectivity index is 2.52. The van der Waals surface area contributed by atoms with Gasteiger partial charge < -0.3 is 10.2 Å². The molecule has 0 radical (unpaired) electrons. The molecule has 0 heterocycles. The average Bonchev–Trinajstić information content (AvgIpc) is 2.29. The van der Waals surface area contributed by atoms with E-state index in [-0.39, 0.29) is 12.1 Å². The van der Waals surface area contributed by atoms with Gasteiger partial charge in [-0.1, -0.05) is 30.3 Å². The number of nitrogens with zero attached hydrogens (tertiary/aromatic N) is 1. The van der Waals surface area contributed by atoms with Gasteiger partial charge in [-0.3, -0.25) is 0 Å². The van der Waals surface area contributed by atoms with Gasteiger partial charge >= 0.3 is 6.03 Å². The van der Waals surface area contributed by atoms with Crippen LogP contribution in [0.5, 0.6) is 0 Å². The molecule has 0 saturated carbocycles. The van der Waals surface area contributed by atoms with E-state index in [1.54, 1.807) is 4.90 Å². The van der Waals surface area contributed by atoms with Crippen molar-refractivity contribution >= 4 is 6.03 Å². The van der Waals surface area contributed by atoms with Gasteiger partial charge in [0.15, 0.2) is 0 Å². The highest BCUT2D eigenvalue weighted by Gasteiger charge is 2.14. The predicted molar refractivity (Wildman–Crippen MR) is 66.4 cm³/mol. The van der Waals surface area contributed by atoms with Gasteiger partial charge in [-0.05, 0) is 25.8 Å². The molecule has 3 heteroatoms. The van der Waals surface area contributed by atoms with Crippen LogP contribution in [0.25, 0.3) is 0 Å². The topological polar surface area (TPSA) is 32.3 Å². The molecule has 88 valence electrons. The van der Waals surface area contributed by atoms with E-state index < -0.39 is 0 Å². The SMILES string of the molecule is CCNC(=O)N(C)C(C)Cc1ccccc1. The quantitative estimate of drug-likeness (QED) is 0.829. The summed E-state index contributed by atoms with van der Waals surface area (Å²) < 4.78 is 0. The first kappa shape index (κ1) is 12.6. The molecular formula is C13H20N2O. The molecule has 1 N–H and O–H groups in total. The summed E-state index contributed by atoms with van der Waals surface area (Å²) in [5, 5.41) is 2.80. The van der Waals surface area contributed by atoms with Crippen molar-refractivity contribution in [1.82, 2.24) is 10.2 Å². The van der Waals surface area contributed by atoms with E-state index in [1.165, 1.54) is 5.56 Å². The fourth-order valence-corrected chi connectivity index (χ4v) is 1.57. The highest BCUT2D eigenvalue weighted by Crippen LogP contribution is 2.07. The first-order valence-electron chi connectivity index (χ1n) is 5.69. The Morgan fingerprint density at radius 2 is 2.00 bits per heavy atom. The molecule has 0 saturated heterocycles. The van der Waals surface area contributed by atoms with Crippen LogP contribution in [0.2, 0.25) is 0 Å². The molecule has 0 aliphatic heterocycles. The summed E-state index contributed by atoms with van der Waals surface area (Å²) in [6, 6.07) is 10.4. The van der Waals surface area contributed by atoms with Crippen LogP contribution in [0.15, 0.2) is 30.3 Å². The molecule has 1 atom stereocenters. The highest BCUT2D eigenvalue weighted by atomic mass is 16.2. The molecule has 0 bridgehead atoms. The zero-order chi connectivity index (χ0) is 12.0. The number of benzene rings is 1. The largest absolute Gasteiger partial charge is 0.338 e. The third kappa shape index (κ3) is 3.57. The molecule has 1 rings (SSSR count). The molecule has 0 aliphatic rings. The van der Waals surface area contributed by atoms with E-state index in [0.717, 1.165) is 6.42 Å². The Morgan fingerprint density at radius 1 is 1.38 bits per heavy atom. The first-order valence-corrected chi connectivity index (χ1v) is 5.69. The number of nitrogens with one attached hydrogen (secondary N) is 1. The predicted octanol–water partition coefficient (Wildman–Crippen LogP) is 2.28. The van der Waals surface area contributed by atoms with Crippen molar-refractivity contribution in [2.24, 2.45) is 0 Å². The summed E-state index contributed by atoms with van der Waals surface area (Å²) in [6.45, 7) is 4.65. The van der Waals surface area contributed by atoms with Crippen LogP contribution in [0.3, 0.4) is 0 Å². The summed E-state index contributed by atoms with van der Waals surface area (Å²) in [4.78, 5) is 13.3. The summed E-state index contributed by atoms with van der Waals surface area (Å²) in [6.07, 6.45) is 0.883. The van der Waals surface area contributed by atoms with Gasteiger partial charge in [0.25, 0.3) is 0 Å². The number of likely N-dealkylation sites (N-methyl/N-ethyl adjacent to an activating group) is 1. The Morgan fingerprint density at radius 3 is 2.56 bits per heavy atom. The molecule has 1 aromatic rings. The van der Waals surface area contributed by atoms with E-state index in [9.17, 15) is 4.79 Å². The number of urea groups is 1. The van der Waals surface area contributed by atoms with Crippen molar-refractivity contribution in [3.63, 3.8) is 0 Å². The van der Waals surface area contributed by atoms with Crippen molar-refractivity contribution in [3.05, 3.63) is 35.9 Å². The number of rotatable bonds is 4. The van der Waals surface area contributed by atoms with Crippen LogP contribution in [-0.2, 0) is 6.42 Å². The second-order valence-electron chi connectivity index (χ2n) is 3.99. The van der Waals surface area contributed by atoms with Gasteiger partial charge in [0.2, 0.25) is 0 Å². The Labute approximate surface area is 97.5 Å². The molecule has 16 heavy (non-hydrogen) atoms. The monoisotopic (exact) mass is 220 g/mol. The zero-order valence-electron chi connectivity index (χ0n) is 10.2. The maximum absolute atomic E-state index is 11.6. The minimum Gasteiger partial charge on any atom is -0.338 e. The molecule has 1 aromatic carbocycles. The lowest BCUT2D eigenvalue weighted by Gasteiger charge is -2.25. The minimum absolute atomic E-state index is 0.00840. The van der Waals surface area contributed by atoms with Gasteiger partial charge in [0, 0.05) is 19.6 Å². The Kier molecular flexibility index (Phi) is 4.83. The lowest BCUT2D eigenvalue weighted by molar-refractivity contribution is 0.194. The number of hydrogen-bond donors (Lipinski definition) is 1. The molecular weight excluding hydrogens is 200 g/mol. The van der Waals surface area contributed by atoms with Crippen LogP contribution >= 0.6 is 0 Å². The number of carbonyl (C=O) groups excluding carboxylic acids is 1. The average molecular weight is 220 g/mol. The third-order valence-electron chi connectivity index (χ3n) is 2.68. The number of amides is 2. The van der Waals surface area contributed by atoms with Crippen molar-refractivity contribution in [2.75, 3.05) is 13.6 Å². The normalized spacial score (nSPS) is 11.9. The van der Waals surface area contributed by atoms with Crippen molar-refractivity contribution in [2.45, 2.75) is 26.3 Å². The van der Waals surface area contributed by atoms with Gasteiger partial charge in [-0.2, -0.15) is 0 Å². The zero-order valence-corrected chi connectivity index (χ0v) is 10.2. The van der Waals surface area contributed by atoms with Crippen LogP contribution in [0.1, 0.15) is 19.4 Å². The molecule has 0 fully saturated rings. The summed E-state index contributed by atoms with van der Waals surface area (Å²) >= 11 is 0. The van der Waals surface area contributed by atoms with Gasteiger partial charge in [0.05, 0.1) is 0 Å². The lowest BCUT2D eigenvalue weighted by atomic mass is 10.1. The van der Waals surface area contributed by atoms with E-state index in [4.69, 9.17) is 0 Å². The van der Waals surface area contributed by atoms with E-state index in [1.807, 2.05) is 32.2 Å². The Hall–Kier alpha value is -1.51. The minimum atomic E-state index is -0.00840. The van der Waals surface area contributed by atoms with E-state index in [0.29, 0.717) is 6.54 Å². The molecule has 3 nitrogen and oxygen atoms in total. The van der Waals surface area contributed by atoms with Gasteiger partial charge in [-0.25, -0.2) is 4.79 Å². The molecule has 1 unspecified atom stereocenters. The van der Waals surface area contributed by atoms with Crippen LogP contribution in [0, 0.1) is 0 Å². The maximum Gasteiger partial charge on any atom is 0.317 e. The van der Waals surface area contributed by atoms with E-state index >= 15 is 0 Å². The highest BCUT2D eigenvalue weighted by molar-refractivity contribution is 5.74.